The number of carbonyl (C=O) groups excluding carboxylic acids is 3. The molecule has 5 rings (SSSR count). The second-order valence-corrected chi connectivity index (χ2v) is 16.6. The van der Waals surface area contributed by atoms with Gasteiger partial charge in [-0.2, -0.15) is 0 Å². The second-order valence-electron chi connectivity index (χ2n) is 14.7. The number of carbonyl (C=O) groups is 3. The molecule has 0 saturated carbocycles. The molecule has 1 fully saturated rings. The molecule has 1 saturated heterocycles. The Bertz CT molecular complexity index is 1790. The van der Waals surface area contributed by atoms with Crippen LogP contribution in [0.2, 0.25) is 0 Å². The number of halogens is 2. The number of piperidine rings is 1. The smallest absolute Gasteiger partial charge is 0.407 e. The molecule has 2 aromatic heterocycles. The molecule has 3 heterocycles. The maximum absolute atomic E-state index is 14.2. The third-order valence-electron chi connectivity index (χ3n) is 9.76. The van der Waals surface area contributed by atoms with Crippen molar-refractivity contribution in [1.82, 2.24) is 35.7 Å². The number of rotatable bonds is 19. The standard InChI is InChI=1S/C41H53F2N7O4S2/c1-29(2)38-46-34(27-55-38)25-49(3)39(52)48-36(16-19-50-20-17-41(42,43)18-21-50)37(51)45-32(22-30-10-6-4-7-11-30)14-15-33(23-31-12-8-5-9-13-31)47-40(53)54-26-35-24-44-28-56-35/h4-13,24,27-29,32-33,36H,14-23,25-26H2,1-3H3,(H,45,51)(H,47,53)(H,48,52). The Morgan fingerprint density at radius 1 is 0.893 bits per heavy atom. The van der Waals surface area contributed by atoms with Crippen molar-refractivity contribution in [2.75, 3.05) is 26.7 Å². The molecule has 1 aliphatic rings. The van der Waals surface area contributed by atoms with Crippen LogP contribution in [0.3, 0.4) is 0 Å². The minimum atomic E-state index is -2.69. The number of alkyl halides is 2. The molecule has 2 aromatic carbocycles. The highest BCUT2D eigenvalue weighted by Crippen LogP contribution is 2.28. The number of ether oxygens (including phenoxy) is 1. The highest BCUT2D eigenvalue weighted by Gasteiger charge is 2.34. The number of nitrogens with zero attached hydrogens (tertiary/aromatic N) is 4. The number of hydrogen-bond donors (Lipinski definition) is 3. The monoisotopic (exact) mass is 809 g/mol. The van der Waals surface area contributed by atoms with Gasteiger partial charge in [0.05, 0.1) is 27.6 Å². The lowest BCUT2D eigenvalue weighted by Crippen LogP contribution is -2.54. The molecular formula is C41H53F2N7O4S2. The van der Waals surface area contributed by atoms with E-state index in [1.165, 1.54) is 16.2 Å². The van der Waals surface area contributed by atoms with Crippen LogP contribution < -0.4 is 16.0 Å². The first-order chi connectivity index (χ1) is 26.9. The zero-order valence-corrected chi connectivity index (χ0v) is 33.9. The second kappa shape index (κ2) is 21.2. The van der Waals surface area contributed by atoms with Crippen LogP contribution in [0.4, 0.5) is 18.4 Å². The number of aromatic nitrogens is 2. The number of nitrogens with one attached hydrogen (secondary N) is 3. The van der Waals surface area contributed by atoms with Crippen molar-refractivity contribution in [3.8, 4) is 0 Å². The van der Waals surface area contributed by atoms with E-state index in [0.717, 1.165) is 26.7 Å². The SMILES string of the molecule is CC(C)c1nc(CN(C)C(=O)NC(CCN2CCC(F)(F)CC2)C(=O)NC(CCC(Cc2ccccc2)NC(=O)OCc2cncs2)Cc2ccccc2)cs1. The fourth-order valence-electron chi connectivity index (χ4n) is 6.53. The molecule has 11 nitrogen and oxygen atoms in total. The van der Waals surface area contributed by atoms with Gasteiger partial charge in [-0.05, 0) is 43.2 Å². The van der Waals surface area contributed by atoms with Crippen molar-refractivity contribution in [3.63, 3.8) is 0 Å². The topological polar surface area (TPSA) is 129 Å². The van der Waals surface area contributed by atoms with E-state index in [1.807, 2.05) is 70.9 Å². The molecule has 1 aliphatic heterocycles. The van der Waals surface area contributed by atoms with Crippen molar-refractivity contribution in [1.29, 1.82) is 0 Å². The largest absolute Gasteiger partial charge is 0.444 e. The van der Waals surface area contributed by atoms with Gasteiger partial charge >= 0.3 is 12.1 Å². The van der Waals surface area contributed by atoms with E-state index in [2.05, 4.69) is 39.8 Å². The van der Waals surface area contributed by atoms with Crippen molar-refractivity contribution in [3.05, 3.63) is 104 Å². The van der Waals surface area contributed by atoms with Crippen molar-refractivity contribution >= 4 is 40.7 Å². The summed E-state index contributed by atoms with van der Waals surface area (Å²) in [5, 5.41) is 12.1. The van der Waals surface area contributed by atoms with Gasteiger partial charge in [-0.1, -0.05) is 74.5 Å². The van der Waals surface area contributed by atoms with Crippen molar-refractivity contribution < 1.29 is 27.9 Å². The van der Waals surface area contributed by atoms with Gasteiger partial charge < -0.3 is 30.5 Å². The zero-order chi connectivity index (χ0) is 39.9. The van der Waals surface area contributed by atoms with Gasteiger partial charge in [-0.15, -0.1) is 22.7 Å². The molecule has 3 unspecified atom stereocenters. The highest BCUT2D eigenvalue weighted by molar-refractivity contribution is 7.09. The van der Waals surface area contributed by atoms with Gasteiger partial charge in [0.25, 0.3) is 5.92 Å². The molecule has 4 aromatic rings. The Morgan fingerprint density at radius 3 is 2.09 bits per heavy atom. The van der Waals surface area contributed by atoms with Crippen molar-refractivity contribution in [2.45, 2.75) is 102 Å². The van der Waals surface area contributed by atoms with Gasteiger partial charge in [0.2, 0.25) is 5.91 Å². The summed E-state index contributed by atoms with van der Waals surface area (Å²) in [6.45, 7) is 5.33. The average Bonchev–Trinajstić information content (AvgIpc) is 3.89. The molecule has 3 N–H and O–H groups in total. The van der Waals surface area contributed by atoms with E-state index < -0.39 is 24.1 Å². The van der Waals surface area contributed by atoms with Crippen LogP contribution in [-0.2, 0) is 35.5 Å². The third kappa shape index (κ3) is 14.2. The lowest BCUT2D eigenvalue weighted by molar-refractivity contribution is -0.124. The van der Waals surface area contributed by atoms with E-state index in [9.17, 15) is 23.2 Å². The molecule has 0 bridgehead atoms. The van der Waals surface area contributed by atoms with Crippen LogP contribution in [0.5, 0.6) is 0 Å². The summed E-state index contributed by atoms with van der Waals surface area (Å²) in [5.74, 6) is -2.78. The summed E-state index contributed by atoms with van der Waals surface area (Å²) in [6.07, 6.45) is 3.01. The normalized spacial score (nSPS) is 15.8. The number of alkyl carbamates (subject to hydrolysis) is 1. The van der Waals surface area contributed by atoms with Gasteiger partial charge in [-0.3, -0.25) is 9.78 Å². The predicted molar refractivity (Wildman–Crippen MR) is 216 cm³/mol. The van der Waals surface area contributed by atoms with E-state index in [4.69, 9.17) is 4.74 Å². The summed E-state index contributed by atoms with van der Waals surface area (Å²) >= 11 is 2.96. The molecule has 3 atom stereocenters. The Morgan fingerprint density at radius 2 is 1.52 bits per heavy atom. The molecule has 56 heavy (non-hydrogen) atoms. The zero-order valence-electron chi connectivity index (χ0n) is 32.3. The van der Waals surface area contributed by atoms with Crippen LogP contribution in [-0.4, -0.2) is 88.5 Å². The maximum atomic E-state index is 14.2. The maximum Gasteiger partial charge on any atom is 0.407 e. The fourth-order valence-corrected chi connectivity index (χ4v) is 7.86. The fraction of sp³-hybridized carbons (Fsp3) is 0.488. The molecule has 0 aliphatic carbocycles. The van der Waals surface area contributed by atoms with Gasteiger partial charge in [0.15, 0.2) is 0 Å². The van der Waals surface area contributed by atoms with Crippen LogP contribution in [0.15, 0.2) is 77.8 Å². The molecule has 0 spiro atoms. The minimum absolute atomic E-state index is 0.117. The Hall–Kier alpha value is -4.47. The molecule has 15 heteroatoms. The van der Waals surface area contributed by atoms with Gasteiger partial charge in [-0.25, -0.2) is 23.4 Å². The third-order valence-corrected chi connectivity index (χ3v) is 11.7. The molecule has 0 radical (unpaired) electrons. The first kappa shape index (κ1) is 42.7. The Kier molecular flexibility index (Phi) is 16.1. The van der Waals surface area contributed by atoms with E-state index in [-0.39, 0.29) is 69.4 Å². The van der Waals surface area contributed by atoms with Gasteiger partial charge in [0, 0.05) is 69.1 Å². The Balaban J connectivity index is 1.29. The lowest BCUT2D eigenvalue weighted by atomic mass is 9.95. The summed E-state index contributed by atoms with van der Waals surface area (Å²) in [6, 6.07) is 17.7. The number of amides is 4. The summed E-state index contributed by atoms with van der Waals surface area (Å²) in [4.78, 5) is 53.7. The highest BCUT2D eigenvalue weighted by atomic mass is 32.1. The van der Waals surface area contributed by atoms with E-state index in [1.54, 1.807) is 30.1 Å². The van der Waals surface area contributed by atoms with Crippen LogP contribution >= 0.6 is 22.7 Å². The van der Waals surface area contributed by atoms with Crippen LogP contribution in [0.1, 0.15) is 78.6 Å². The number of hydrogen-bond acceptors (Lipinski definition) is 9. The molecule has 302 valence electrons. The van der Waals surface area contributed by atoms with Crippen LogP contribution in [0, 0.1) is 0 Å². The average molecular weight is 810 g/mol. The van der Waals surface area contributed by atoms with Crippen LogP contribution in [0.25, 0.3) is 0 Å². The summed E-state index contributed by atoms with van der Waals surface area (Å²) < 4.78 is 33.4. The summed E-state index contributed by atoms with van der Waals surface area (Å²) in [5.41, 5.74) is 4.52. The quantitative estimate of drug-likeness (QED) is 0.0901. The Labute approximate surface area is 336 Å². The number of benzene rings is 2. The first-order valence-electron chi connectivity index (χ1n) is 19.2. The van der Waals surface area contributed by atoms with Crippen molar-refractivity contribution in [2.24, 2.45) is 0 Å². The number of urea groups is 1. The number of likely N-dealkylation sites (tertiary alicyclic amines) is 1. The van der Waals surface area contributed by atoms with E-state index >= 15 is 0 Å². The minimum Gasteiger partial charge on any atom is -0.444 e. The predicted octanol–water partition coefficient (Wildman–Crippen LogP) is 7.40. The number of thiazole rings is 2. The van der Waals surface area contributed by atoms with E-state index in [0.29, 0.717) is 32.2 Å². The molecular weight excluding hydrogens is 757 g/mol. The molecule has 4 amide bonds. The van der Waals surface area contributed by atoms with Gasteiger partial charge in [0.1, 0.15) is 12.6 Å². The first-order valence-corrected chi connectivity index (χ1v) is 20.9. The lowest BCUT2D eigenvalue weighted by Gasteiger charge is -2.33. The summed E-state index contributed by atoms with van der Waals surface area (Å²) in [7, 11) is 1.66.